The average Bonchev–Trinajstić information content (AvgIpc) is 2.53. The Kier molecular flexibility index (Phi) is 6.54. The molecule has 0 aromatic heterocycles. The molecule has 0 bridgehead atoms. The third-order valence-electron chi connectivity index (χ3n) is 4.53. The van der Waals surface area contributed by atoms with E-state index in [1.807, 2.05) is 54.8 Å². The van der Waals surface area contributed by atoms with Crippen LogP contribution in [0, 0.1) is 5.92 Å². The van der Waals surface area contributed by atoms with Crippen LogP contribution in [0.5, 0.6) is 0 Å². The molecule has 0 unspecified atom stereocenters. The van der Waals surface area contributed by atoms with Crippen LogP contribution >= 0.6 is 11.8 Å². The zero-order chi connectivity index (χ0) is 16.9. The molecule has 0 atom stereocenters. The molecule has 3 nitrogen and oxygen atoms in total. The van der Waals surface area contributed by atoms with Crippen molar-refractivity contribution in [1.29, 1.82) is 0 Å². The average molecular weight is 336 g/mol. The van der Waals surface area contributed by atoms with E-state index in [-0.39, 0.29) is 5.91 Å². The van der Waals surface area contributed by atoms with Crippen LogP contribution in [0.1, 0.15) is 49.0 Å². The van der Waals surface area contributed by atoms with Crippen LogP contribution in [0.2, 0.25) is 0 Å². The molecule has 1 aliphatic heterocycles. The fourth-order valence-electron chi connectivity index (χ4n) is 2.99. The summed E-state index contributed by atoms with van der Waals surface area (Å²) in [6, 6.07) is 7.88. The standard InChI is InChI=1S/C19H29NO2S/c1-19(2,22)11-8-15-4-6-17(7-5-15)18(21)20-12-9-16(10-13-20)14-23-3/h4-7,16,22H,8-14H2,1-3H3. The van der Waals surface area contributed by atoms with Crippen molar-refractivity contribution in [3.8, 4) is 0 Å². The second-order valence-electron chi connectivity index (χ2n) is 7.20. The second-order valence-corrected chi connectivity index (χ2v) is 8.11. The molecule has 2 rings (SSSR count). The van der Waals surface area contributed by atoms with Gasteiger partial charge in [-0.25, -0.2) is 0 Å². The lowest BCUT2D eigenvalue weighted by molar-refractivity contribution is 0.0694. The molecule has 1 saturated heterocycles. The topological polar surface area (TPSA) is 40.5 Å². The van der Waals surface area contributed by atoms with Gasteiger partial charge in [-0.1, -0.05) is 12.1 Å². The molecule has 1 heterocycles. The molecule has 1 N–H and O–H groups in total. The molecule has 0 aliphatic carbocycles. The van der Waals surface area contributed by atoms with Crippen LogP contribution in [-0.4, -0.2) is 46.6 Å². The summed E-state index contributed by atoms with van der Waals surface area (Å²) in [5.41, 5.74) is 1.30. The summed E-state index contributed by atoms with van der Waals surface area (Å²) in [6.07, 6.45) is 5.95. The van der Waals surface area contributed by atoms with Gasteiger partial charge in [0.2, 0.25) is 0 Å². The predicted molar refractivity (Wildman–Crippen MR) is 98.1 cm³/mol. The van der Waals surface area contributed by atoms with Gasteiger partial charge >= 0.3 is 0 Å². The van der Waals surface area contributed by atoms with Crippen LogP contribution in [0.3, 0.4) is 0 Å². The molecular formula is C19H29NO2S. The summed E-state index contributed by atoms with van der Waals surface area (Å²) >= 11 is 1.90. The number of hydrogen-bond acceptors (Lipinski definition) is 3. The fourth-order valence-corrected chi connectivity index (χ4v) is 3.79. The lowest BCUT2D eigenvalue weighted by atomic mass is 9.97. The number of aryl methyl sites for hydroxylation is 1. The summed E-state index contributed by atoms with van der Waals surface area (Å²) in [5.74, 6) is 2.12. The number of amides is 1. The molecule has 0 saturated carbocycles. The van der Waals surface area contributed by atoms with Crippen molar-refractivity contribution in [1.82, 2.24) is 4.90 Å². The number of hydrogen-bond donors (Lipinski definition) is 1. The Bertz CT molecular complexity index is 499. The van der Waals surface area contributed by atoms with Gasteiger partial charge in [-0.15, -0.1) is 0 Å². The van der Waals surface area contributed by atoms with Crippen molar-refractivity contribution >= 4 is 17.7 Å². The van der Waals surface area contributed by atoms with Crippen molar-refractivity contribution in [2.45, 2.75) is 45.1 Å². The maximum Gasteiger partial charge on any atom is 0.253 e. The number of nitrogens with zero attached hydrogens (tertiary/aromatic N) is 1. The van der Waals surface area contributed by atoms with Gasteiger partial charge in [0.05, 0.1) is 5.60 Å². The maximum absolute atomic E-state index is 12.6. The van der Waals surface area contributed by atoms with Crippen molar-refractivity contribution in [3.63, 3.8) is 0 Å². The number of carbonyl (C=O) groups excluding carboxylic acids is 1. The molecule has 4 heteroatoms. The number of piperidine rings is 1. The van der Waals surface area contributed by atoms with Gasteiger partial charge in [0, 0.05) is 18.7 Å². The van der Waals surface area contributed by atoms with Gasteiger partial charge in [0.15, 0.2) is 0 Å². The van der Waals surface area contributed by atoms with Gasteiger partial charge < -0.3 is 10.0 Å². The second kappa shape index (κ2) is 8.20. The number of benzene rings is 1. The summed E-state index contributed by atoms with van der Waals surface area (Å²) in [5, 5.41) is 9.79. The number of aliphatic hydroxyl groups is 1. The molecule has 1 aliphatic rings. The first-order chi connectivity index (χ1) is 10.9. The minimum absolute atomic E-state index is 0.154. The minimum atomic E-state index is -0.643. The number of carbonyl (C=O) groups is 1. The quantitative estimate of drug-likeness (QED) is 0.863. The number of rotatable bonds is 6. The normalized spacial score (nSPS) is 16.6. The van der Waals surface area contributed by atoms with Crippen molar-refractivity contribution in [3.05, 3.63) is 35.4 Å². The van der Waals surface area contributed by atoms with Crippen LogP contribution < -0.4 is 0 Å². The molecule has 128 valence electrons. The monoisotopic (exact) mass is 335 g/mol. The summed E-state index contributed by atoms with van der Waals surface area (Å²) in [6.45, 7) is 5.41. The van der Waals surface area contributed by atoms with E-state index in [2.05, 4.69) is 6.26 Å². The zero-order valence-electron chi connectivity index (χ0n) is 14.5. The van der Waals surface area contributed by atoms with Crippen LogP contribution in [-0.2, 0) is 6.42 Å². The van der Waals surface area contributed by atoms with E-state index in [1.54, 1.807) is 0 Å². The summed E-state index contributed by atoms with van der Waals surface area (Å²) in [4.78, 5) is 14.6. The van der Waals surface area contributed by atoms with Crippen molar-refractivity contribution < 1.29 is 9.90 Å². The Balaban J connectivity index is 1.88. The first-order valence-electron chi connectivity index (χ1n) is 8.48. The van der Waals surface area contributed by atoms with E-state index in [1.165, 1.54) is 11.3 Å². The third kappa shape index (κ3) is 5.85. The van der Waals surface area contributed by atoms with Crippen molar-refractivity contribution in [2.24, 2.45) is 5.92 Å². The fraction of sp³-hybridized carbons (Fsp3) is 0.632. The third-order valence-corrected chi connectivity index (χ3v) is 5.34. The van der Waals surface area contributed by atoms with E-state index in [0.717, 1.165) is 50.3 Å². The largest absolute Gasteiger partial charge is 0.390 e. The van der Waals surface area contributed by atoms with Crippen LogP contribution in [0.4, 0.5) is 0 Å². The summed E-state index contributed by atoms with van der Waals surface area (Å²) < 4.78 is 0. The zero-order valence-corrected chi connectivity index (χ0v) is 15.4. The lowest BCUT2D eigenvalue weighted by Crippen LogP contribution is -2.38. The van der Waals surface area contributed by atoms with Crippen molar-refractivity contribution in [2.75, 3.05) is 25.1 Å². The predicted octanol–water partition coefficient (Wildman–Crippen LogP) is 3.61. The highest BCUT2D eigenvalue weighted by Gasteiger charge is 2.23. The molecule has 1 amide bonds. The molecule has 0 radical (unpaired) electrons. The Hall–Kier alpha value is -1.00. The smallest absolute Gasteiger partial charge is 0.253 e. The van der Waals surface area contributed by atoms with E-state index >= 15 is 0 Å². The minimum Gasteiger partial charge on any atom is -0.390 e. The molecule has 1 fully saturated rings. The highest BCUT2D eigenvalue weighted by molar-refractivity contribution is 7.98. The van der Waals surface area contributed by atoms with Gasteiger partial charge in [-0.05, 0) is 75.2 Å². The Labute approximate surface area is 144 Å². The molecule has 23 heavy (non-hydrogen) atoms. The molecule has 1 aromatic rings. The first-order valence-corrected chi connectivity index (χ1v) is 9.88. The van der Waals surface area contributed by atoms with Gasteiger partial charge in [0.25, 0.3) is 5.91 Å². The van der Waals surface area contributed by atoms with E-state index in [4.69, 9.17) is 0 Å². The molecule has 1 aromatic carbocycles. The highest BCUT2D eigenvalue weighted by Crippen LogP contribution is 2.22. The Morgan fingerprint density at radius 2 is 1.87 bits per heavy atom. The number of thioether (sulfide) groups is 1. The first kappa shape index (κ1) is 18.3. The Morgan fingerprint density at radius 3 is 2.39 bits per heavy atom. The van der Waals surface area contributed by atoms with Crippen LogP contribution in [0.15, 0.2) is 24.3 Å². The van der Waals surface area contributed by atoms with Crippen LogP contribution in [0.25, 0.3) is 0 Å². The van der Waals surface area contributed by atoms with Gasteiger partial charge in [-0.3, -0.25) is 4.79 Å². The maximum atomic E-state index is 12.6. The molecular weight excluding hydrogens is 306 g/mol. The SMILES string of the molecule is CSCC1CCN(C(=O)c2ccc(CCC(C)(C)O)cc2)CC1. The van der Waals surface area contributed by atoms with Gasteiger partial charge in [0.1, 0.15) is 0 Å². The van der Waals surface area contributed by atoms with E-state index in [0.29, 0.717) is 0 Å². The van der Waals surface area contributed by atoms with E-state index < -0.39 is 5.60 Å². The van der Waals surface area contributed by atoms with E-state index in [9.17, 15) is 9.90 Å². The Morgan fingerprint density at radius 1 is 1.26 bits per heavy atom. The highest BCUT2D eigenvalue weighted by atomic mass is 32.2. The molecule has 0 spiro atoms. The lowest BCUT2D eigenvalue weighted by Gasteiger charge is -2.31. The van der Waals surface area contributed by atoms with Gasteiger partial charge in [-0.2, -0.15) is 11.8 Å². The number of likely N-dealkylation sites (tertiary alicyclic amines) is 1. The summed E-state index contributed by atoms with van der Waals surface area (Å²) in [7, 11) is 0.